The zero-order chi connectivity index (χ0) is 33.3. The number of likely N-dealkylation sites (tertiary alicyclic amines) is 1. The van der Waals surface area contributed by atoms with E-state index in [9.17, 15) is 32.7 Å². The van der Waals surface area contributed by atoms with Crippen molar-refractivity contribution in [2.45, 2.75) is 49.3 Å². The molecule has 2 heterocycles. The fourth-order valence-electron chi connectivity index (χ4n) is 5.05. The largest absolute Gasteiger partial charge is 0.480 e. The number of aromatic nitrogens is 1. The highest BCUT2D eigenvalue weighted by Gasteiger charge is 2.36. The molecule has 15 nitrogen and oxygen atoms in total. The van der Waals surface area contributed by atoms with Crippen LogP contribution >= 0.6 is 0 Å². The number of nitrogens with two attached hydrogens (primary N) is 1. The van der Waals surface area contributed by atoms with E-state index >= 15 is 0 Å². The minimum Gasteiger partial charge on any atom is -0.480 e. The van der Waals surface area contributed by atoms with Gasteiger partial charge in [0.2, 0.25) is 21.8 Å². The third-order valence-corrected chi connectivity index (χ3v) is 8.81. The summed E-state index contributed by atoms with van der Waals surface area (Å²) in [5.41, 5.74) is 6.52. The van der Waals surface area contributed by atoms with Gasteiger partial charge >= 0.3 is 12.1 Å². The molecule has 1 fully saturated rings. The first-order valence-electron chi connectivity index (χ1n) is 14.5. The molecule has 1 aromatic heterocycles. The molecule has 1 saturated heterocycles. The number of carbonyl (C=O) groups is 4. The van der Waals surface area contributed by atoms with Crippen LogP contribution < -0.4 is 15.8 Å². The predicted molar refractivity (Wildman–Crippen MR) is 166 cm³/mol. The van der Waals surface area contributed by atoms with Gasteiger partial charge in [-0.25, -0.2) is 27.6 Å². The van der Waals surface area contributed by atoms with E-state index in [1.54, 1.807) is 48.5 Å². The lowest BCUT2D eigenvalue weighted by molar-refractivity contribution is -0.143. The summed E-state index contributed by atoms with van der Waals surface area (Å²) in [6, 6.07) is 14.6. The molecule has 0 unspecified atom stereocenters. The van der Waals surface area contributed by atoms with Crippen LogP contribution in [0.2, 0.25) is 0 Å². The third-order valence-electron chi connectivity index (χ3n) is 7.38. The van der Waals surface area contributed by atoms with Gasteiger partial charge in [-0.3, -0.25) is 20.0 Å². The maximum absolute atomic E-state index is 13.1. The molecule has 0 aliphatic carbocycles. The number of carbonyl (C=O) groups excluding carboxylic acids is 3. The molecule has 3 amide bonds. The second-order valence-electron chi connectivity index (χ2n) is 10.5. The van der Waals surface area contributed by atoms with Crippen molar-refractivity contribution in [2.24, 2.45) is 5.73 Å². The number of rotatable bonds is 13. The van der Waals surface area contributed by atoms with Gasteiger partial charge in [0.1, 0.15) is 23.6 Å². The molecule has 1 aliphatic rings. The first-order chi connectivity index (χ1) is 22.0. The Kier molecular flexibility index (Phi) is 11.2. The second-order valence-corrected chi connectivity index (χ2v) is 12.3. The van der Waals surface area contributed by atoms with Crippen LogP contribution in [0.1, 0.15) is 31.2 Å². The van der Waals surface area contributed by atoms with Crippen molar-refractivity contribution in [2.75, 3.05) is 19.6 Å². The van der Waals surface area contributed by atoms with Gasteiger partial charge in [-0.05, 0) is 43.4 Å². The highest BCUT2D eigenvalue weighted by Crippen LogP contribution is 2.21. The van der Waals surface area contributed by atoms with E-state index in [-0.39, 0.29) is 49.4 Å². The van der Waals surface area contributed by atoms with Crippen LogP contribution in [0, 0.1) is 5.41 Å². The van der Waals surface area contributed by atoms with Crippen LogP contribution in [0.5, 0.6) is 0 Å². The molecule has 1 aliphatic heterocycles. The van der Waals surface area contributed by atoms with Gasteiger partial charge in [0, 0.05) is 24.7 Å². The Morgan fingerprint density at radius 2 is 1.85 bits per heavy atom. The Bertz CT molecular complexity index is 1700. The van der Waals surface area contributed by atoms with Crippen LogP contribution in [0.3, 0.4) is 0 Å². The van der Waals surface area contributed by atoms with E-state index in [0.717, 1.165) is 10.5 Å². The average Bonchev–Trinajstić information content (AvgIpc) is 3.54. The number of carboxylic acid groups (broad SMARTS) is 1. The molecule has 16 heteroatoms. The number of nitrogens with one attached hydrogen (secondary N) is 3. The Hall–Kier alpha value is -5.09. The molecule has 244 valence electrons. The van der Waals surface area contributed by atoms with Crippen molar-refractivity contribution in [3.8, 4) is 0 Å². The number of sulfonamides is 1. The summed E-state index contributed by atoms with van der Waals surface area (Å²) in [7, 11) is -4.13. The van der Waals surface area contributed by atoms with Gasteiger partial charge in [0.15, 0.2) is 5.96 Å². The lowest BCUT2D eigenvalue weighted by Gasteiger charge is -2.26. The quantitative estimate of drug-likeness (QED) is 0.132. The number of hydrogen-bond acceptors (Lipinski definition) is 9. The summed E-state index contributed by atoms with van der Waals surface area (Å²) in [6.45, 7) is -0.609. The first kappa shape index (κ1) is 33.8. The van der Waals surface area contributed by atoms with Crippen molar-refractivity contribution in [1.82, 2.24) is 24.8 Å². The van der Waals surface area contributed by atoms with Crippen LogP contribution in [0.4, 0.5) is 4.79 Å². The minimum atomic E-state index is -4.13. The number of carboxylic acids is 1. The molecule has 0 bridgehead atoms. The fourth-order valence-corrected chi connectivity index (χ4v) is 6.20. The zero-order valence-corrected chi connectivity index (χ0v) is 25.6. The number of pyridine rings is 1. The van der Waals surface area contributed by atoms with Gasteiger partial charge in [-0.15, -0.1) is 0 Å². The summed E-state index contributed by atoms with van der Waals surface area (Å²) < 4.78 is 33.5. The van der Waals surface area contributed by atoms with Gasteiger partial charge in [-0.2, -0.15) is 0 Å². The number of guanidine groups is 1. The molecule has 0 spiro atoms. The molecule has 2 atom stereocenters. The topological polar surface area (TPSA) is 225 Å². The Morgan fingerprint density at radius 3 is 2.57 bits per heavy atom. The number of nitrogens with zero attached hydrogens (tertiary/aromatic N) is 3. The van der Waals surface area contributed by atoms with Crippen molar-refractivity contribution < 1.29 is 37.4 Å². The van der Waals surface area contributed by atoms with E-state index in [4.69, 9.17) is 15.9 Å². The van der Waals surface area contributed by atoms with E-state index in [2.05, 4.69) is 15.0 Å². The van der Waals surface area contributed by atoms with E-state index in [1.807, 2.05) is 6.07 Å². The highest BCUT2D eigenvalue weighted by atomic mass is 32.2. The SMILES string of the molecule is N=C(N)N(CCC[C@H](NC(=O)[C@@H]1CCCN1C(=O)CNS(=O)(=O)c1cccc2cccnc12)C(=O)O)C(=O)OCc1ccccc1. The van der Waals surface area contributed by atoms with Crippen molar-refractivity contribution in [3.63, 3.8) is 0 Å². The average molecular weight is 654 g/mol. The number of benzene rings is 2. The maximum atomic E-state index is 13.1. The second kappa shape index (κ2) is 15.3. The minimum absolute atomic E-state index is 0.0459. The van der Waals surface area contributed by atoms with Crippen LogP contribution in [-0.4, -0.2) is 89.9 Å². The monoisotopic (exact) mass is 653 g/mol. The number of fused-ring (bicyclic) bond motifs is 1. The Balaban J connectivity index is 1.31. The molecular weight excluding hydrogens is 618 g/mol. The lowest BCUT2D eigenvalue weighted by Crippen LogP contribution is -2.52. The first-order valence-corrected chi connectivity index (χ1v) is 15.9. The number of ether oxygens (including phenoxy) is 1. The van der Waals surface area contributed by atoms with Crippen molar-refractivity contribution >= 4 is 50.8 Å². The number of amides is 3. The van der Waals surface area contributed by atoms with Gasteiger partial charge in [0.25, 0.3) is 0 Å². The standard InChI is InChI=1S/C30H35N7O8S/c31-29(32)37(30(42)45-19-20-8-2-1-3-9-20)17-6-12-22(28(40)41)35-27(39)23-13-7-16-36(23)25(38)18-34-46(43,44)24-14-4-10-21-11-5-15-33-26(21)24/h1-5,8-11,14-15,22-23,34H,6-7,12-13,16-19H2,(H3,31,32)(H,35,39)(H,40,41)/t22-,23-/m0/s1. The molecular formula is C30H35N7O8S. The van der Waals surface area contributed by atoms with Gasteiger partial charge < -0.3 is 25.8 Å². The van der Waals surface area contributed by atoms with Crippen LogP contribution in [0.25, 0.3) is 10.9 Å². The Labute approximate surface area is 265 Å². The molecule has 4 rings (SSSR count). The number of para-hydroxylation sites is 1. The Morgan fingerprint density at radius 1 is 1.11 bits per heavy atom. The summed E-state index contributed by atoms with van der Waals surface area (Å²) >= 11 is 0. The third kappa shape index (κ3) is 8.54. The van der Waals surface area contributed by atoms with Gasteiger partial charge in [-0.1, -0.05) is 48.5 Å². The smallest absolute Gasteiger partial charge is 0.416 e. The molecule has 0 radical (unpaired) electrons. The number of hydrogen-bond donors (Lipinski definition) is 5. The molecule has 3 aromatic rings. The maximum Gasteiger partial charge on any atom is 0.416 e. The van der Waals surface area contributed by atoms with Crippen molar-refractivity contribution in [3.05, 3.63) is 72.4 Å². The van der Waals surface area contributed by atoms with E-state index in [1.165, 1.54) is 17.2 Å². The molecule has 46 heavy (non-hydrogen) atoms. The summed E-state index contributed by atoms with van der Waals surface area (Å²) in [4.78, 5) is 56.7. The summed E-state index contributed by atoms with van der Waals surface area (Å²) in [6.07, 6.45) is 1.24. The molecule has 2 aromatic carbocycles. The molecule has 0 saturated carbocycles. The lowest BCUT2D eigenvalue weighted by atomic mass is 10.1. The van der Waals surface area contributed by atoms with Crippen LogP contribution in [0.15, 0.2) is 71.8 Å². The number of aliphatic carboxylic acids is 1. The summed E-state index contributed by atoms with van der Waals surface area (Å²) in [5.74, 6) is -3.26. The predicted octanol–water partition coefficient (Wildman–Crippen LogP) is 1.39. The van der Waals surface area contributed by atoms with E-state index < -0.39 is 58.5 Å². The molecule has 6 N–H and O–H groups in total. The van der Waals surface area contributed by atoms with E-state index in [0.29, 0.717) is 11.8 Å². The zero-order valence-electron chi connectivity index (χ0n) is 24.8. The summed E-state index contributed by atoms with van der Waals surface area (Å²) in [5, 5.41) is 20.5. The van der Waals surface area contributed by atoms with Crippen LogP contribution in [-0.2, 0) is 35.8 Å². The van der Waals surface area contributed by atoms with Gasteiger partial charge in [0.05, 0.1) is 12.1 Å². The highest BCUT2D eigenvalue weighted by molar-refractivity contribution is 7.89. The normalized spacial score (nSPS) is 15.2. The van der Waals surface area contributed by atoms with Crippen molar-refractivity contribution in [1.29, 1.82) is 5.41 Å². The fraction of sp³-hybridized carbons (Fsp3) is 0.333.